The Hall–Kier alpha value is -3.49. The summed E-state index contributed by atoms with van der Waals surface area (Å²) in [5, 5.41) is 13.7. The number of nitrogens with zero attached hydrogens (tertiary/aromatic N) is 2. The highest BCUT2D eigenvalue weighted by Gasteiger charge is 2.63. The minimum Gasteiger partial charge on any atom is -0.488 e. The number of carbonyl (C=O) groups is 3. The normalized spacial score (nSPS) is 25.9. The number of halogens is 4. The third kappa shape index (κ3) is 8.81. The van der Waals surface area contributed by atoms with E-state index in [9.17, 15) is 41.2 Å². The Balaban J connectivity index is 1.25. The number of fused-ring (bicyclic) bond motifs is 1. The monoisotopic (exact) mass is 805 g/mol. The van der Waals surface area contributed by atoms with Gasteiger partial charge in [-0.15, -0.1) is 0 Å². The van der Waals surface area contributed by atoms with Gasteiger partial charge in [0.2, 0.25) is 17.7 Å². The number of para-hydroxylation sites is 1. The molecular weight excluding hydrogens is 763 g/mol. The van der Waals surface area contributed by atoms with Crippen molar-refractivity contribution in [1.82, 2.24) is 25.4 Å². The van der Waals surface area contributed by atoms with Crippen LogP contribution in [0.1, 0.15) is 65.2 Å². The van der Waals surface area contributed by atoms with Gasteiger partial charge in [-0.2, -0.15) is 27.1 Å². The van der Waals surface area contributed by atoms with Crippen LogP contribution in [0.15, 0.2) is 24.3 Å². The first-order chi connectivity index (χ1) is 25.5. The lowest BCUT2D eigenvalue weighted by Crippen LogP contribution is -2.59. The van der Waals surface area contributed by atoms with Crippen LogP contribution in [-0.2, 0) is 33.6 Å². The van der Waals surface area contributed by atoms with E-state index in [0.717, 1.165) is 0 Å². The second-order valence-corrected chi connectivity index (χ2v) is 16.0. The Morgan fingerprint density at radius 2 is 1.91 bits per heavy atom. The summed E-state index contributed by atoms with van der Waals surface area (Å²) in [5.41, 5.74) is -1.24. The predicted octanol–water partition coefficient (Wildman–Crippen LogP) is 3.56. The molecule has 0 bridgehead atoms. The third-order valence-corrected chi connectivity index (χ3v) is 11.8. The van der Waals surface area contributed by atoms with Crippen molar-refractivity contribution in [2.24, 2.45) is 11.8 Å². The molecule has 2 saturated carbocycles. The number of nitrogens with one attached hydrogen (secondary N) is 3. The molecule has 15 nitrogen and oxygen atoms in total. The molecule has 6 rings (SSSR count). The van der Waals surface area contributed by atoms with Crippen LogP contribution in [0, 0.1) is 11.8 Å². The molecule has 4 fully saturated rings. The lowest BCUT2D eigenvalue weighted by molar-refractivity contribution is -0.154. The minimum atomic E-state index is -5.01. The zero-order chi connectivity index (χ0) is 39.1. The van der Waals surface area contributed by atoms with E-state index in [4.69, 9.17) is 30.0 Å². The van der Waals surface area contributed by atoms with Gasteiger partial charge in [-0.3, -0.25) is 14.4 Å². The Bertz CT molecular complexity index is 1860. The molecule has 3 unspecified atom stereocenters. The highest BCUT2D eigenvalue weighted by atomic mass is 35.5. The molecule has 0 radical (unpaired) electrons. The number of alkyl halides is 3. The summed E-state index contributed by atoms with van der Waals surface area (Å²) in [6.07, 6.45) is -6.12. The van der Waals surface area contributed by atoms with Crippen molar-refractivity contribution in [3.8, 4) is 11.6 Å². The number of hydrogen-bond donors (Lipinski definition) is 4. The van der Waals surface area contributed by atoms with Crippen molar-refractivity contribution >= 4 is 50.5 Å². The Morgan fingerprint density at radius 3 is 2.52 bits per heavy atom. The summed E-state index contributed by atoms with van der Waals surface area (Å²) in [6.45, 7) is 4.42. The second kappa shape index (κ2) is 15.6. The number of amides is 3. The number of rotatable bonds is 15. The fourth-order valence-corrected chi connectivity index (χ4v) is 8.85. The molecule has 4 aliphatic rings. The van der Waals surface area contributed by atoms with Crippen LogP contribution in [0.3, 0.4) is 0 Å². The third-order valence-electron chi connectivity index (χ3n) is 10.5. The SMILES string of the molecule is CCOc1cc(O[C@@H]2CC(C(=O)NC3(C(=O)NS(=O)(=O)OC4(CC(F)(F)F)CC4)CC3CC)N(C(=O)[C@@H](NO)C3CCOCC3)C2)c2cccc(Cl)c2n1. The van der Waals surface area contributed by atoms with Crippen LogP contribution in [0.4, 0.5) is 13.2 Å². The largest absolute Gasteiger partial charge is 0.488 e. The molecule has 1 aromatic carbocycles. The fourth-order valence-electron chi connectivity index (χ4n) is 7.49. The van der Waals surface area contributed by atoms with Crippen molar-refractivity contribution in [2.75, 3.05) is 26.4 Å². The van der Waals surface area contributed by atoms with E-state index in [2.05, 4.69) is 15.8 Å². The van der Waals surface area contributed by atoms with E-state index in [1.165, 1.54) is 4.90 Å². The standard InChI is InChI=1S/C34H43ClF3N5O10S/c1-3-20-16-33(20,31(46)42-54(48,49)53-32(10-11-32)18-34(36,37)38)40-29(44)24-14-21(17-43(24)30(45)27(41-47)19-8-12-50-13-9-19)52-25-15-26(51-4-2)39-28-22(25)6-5-7-23(28)35/h5-7,15,19-21,24,27,41,47H,3-4,8-14,16-18H2,1-2H3,(H,40,44)(H,42,46)/t20?,21-,24?,27+,33?/m1/s1. The Labute approximate surface area is 314 Å². The first-order valence-electron chi connectivity index (χ1n) is 17.9. The van der Waals surface area contributed by atoms with Gasteiger partial charge in [0.25, 0.3) is 5.91 Å². The Kier molecular flexibility index (Phi) is 11.6. The summed E-state index contributed by atoms with van der Waals surface area (Å²) in [6, 6.07) is 4.32. The van der Waals surface area contributed by atoms with Crippen molar-refractivity contribution in [3.63, 3.8) is 0 Å². The summed E-state index contributed by atoms with van der Waals surface area (Å²) < 4.78 is 88.9. The van der Waals surface area contributed by atoms with Crippen molar-refractivity contribution < 1.29 is 59.6 Å². The van der Waals surface area contributed by atoms with Crippen LogP contribution in [0.2, 0.25) is 5.02 Å². The summed E-state index contributed by atoms with van der Waals surface area (Å²) in [7, 11) is -5.01. The predicted molar refractivity (Wildman–Crippen MR) is 185 cm³/mol. The molecule has 5 atom stereocenters. The van der Waals surface area contributed by atoms with Crippen LogP contribution in [0.25, 0.3) is 10.9 Å². The van der Waals surface area contributed by atoms with Gasteiger partial charge in [0.1, 0.15) is 29.5 Å². The van der Waals surface area contributed by atoms with Gasteiger partial charge < -0.3 is 29.6 Å². The van der Waals surface area contributed by atoms with Crippen LogP contribution in [0.5, 0.6) is 11.6 Å². The van der Waals surface area contributed by atoms with Crippen molar-refractivity contribution in [2.45, 2.75) is 101 Å². The number of hydroxylamine groups is 1. The maximum atomic E-state index is 14.2. The van der Waals surface area contributed by atoms with Gasteiger partial charge in [0, 0.05) is 31.1 Å². The number of aromatic nitrogens is 1. The van der Waals surface area contributed by atoms with Gasteiger partial charge in [-0.25, -0.2) is 13.9 Å². The maximum Gasteiger partial charge on any atom is 0.391 e. The maximum absolute atomic E-state index is 14.2. The van der Waals surface area contributed by atoms with Crippen molar-refractivity contribution in [3.05, 3.63) is 29.3 Å². The average Bonchev–Trinajstić information content (AvgIpc) is 3.98. The smallest absolute Gasteiger partial charge is 0.391 e. The lowest BCUT2D eigenvalue weighted by atomic mass is 9.91. The minimum absolute atomic E-state index is 0.0255. The topological polar surface area (TPSA) is 195 Å². The van der Waals surface area contributed by atoms with E-state index in [1.54, 1.807) is 42.8 Å². The number of ether oxygens (including phenoxy) is 3. The molecule has 2 aliphatic carbocycles. The number of hydrogen-bond acceptors (Lipinski definition) is 12. The average molecular weight is 806 g/mol. The highest BCUT2D eigenvalue weighted by molar-refractivity contribution is 7.85. The first kappa shape index (κ1) is 40.2. The molecule has 4 N–H and O–H groups in total. The first-order valence-corrected chi connectivity index (χ1v) is 19.6. The molecule has 2 aromatic rings. The molecule has 20 heteroatoms. The number of pyridine rings is 1. The van der Waals surface area contributed by atoms with Crippen LogP contribution < -0.4 is 25.0 Å². The zero-order valence-corrected chi connectivity index (χ0v) is 31.2. The quantitative estimate of drug-likeness (QED) is 0.192. The number of benzene rings is 1. The van der Waals surface area contributed by atoms with Gasteiger partial charge in [0.15, 0.2) is 0 Å². The van der Waals surface area contributed by atoms with E-state index in [1.807, 2.05) is 0 Å². The number of carbonyl (C=O) groups excluding carboxylic acids is 3. The van der Waals surface area contributed by atoms with Gasteiger partial charge in [0.05, 0.1) is 35.7 Å². The second-order valence-electron chi connectivity index (χ2n) is 14.3. The number of likely N-dealkylation sites (tertiary alicyclic amines) is 1. The molecule has 54 heavy (non-hydrogen) atoms. The van der Waals surface area contributed by atoms with E-state index in [-0.39, 0.29) is 44.0 Å². The van der Waals surface area contributed by atoms with Gasteiger partial charge in [-0.05, 0) is 63.0 Å². The van der Waals surface area contributed by atoms with Crippen molar-refractivity contribution in [1.29, 1.82) is 0 Å². The van der Waals surface area contributed by atoms with Crippen LogP contribution in [-0.4, -0.2) is 103 Å². The zero-order valence-electron chi connectivity index (χ0n) is 29.6. The molecule has 2 saturated heterocycles. The fraction of sp³-hybridized carbons (Fsp3) is 0.647. The molecule has 1 aromatic heterocycles. The molecule has 298 valence electrons. The molecular formula is C34H43ClF3N5O10S. The summed E-state index contributed by atoms with van der Waals surface area (Å²) in [5.74, 6) is -2.88. The van der Waals surface area contributed by atoms with Crippen LogP contribution >= 0.6 is 11.6 Å². The molecule has 3 amide bonds. The molecule has 0 spiro atoms. The van der Waals surface area contributed by atoms with E-state index in [0.29, 0.717) is 60.8 Å². The molecule has 3 heterocycles. The Morgan fingerprint density at radius 1 is 1.19 bits per heavy atom. The summed E-state index contributed by atoms with van der Waals surface area (Å²) in [4.78, 5) is 47.7. The van der Waals surface area contributed by atoms with E-state index < -0.39 is 75.9 Å². The van der Waals surface area contributed by atoms with E-state index >= 15 is 0 Å². The molecule has 2 aliphatic heterocycles. The highest BCUT2D eigenvalue weighted by Crippen LogP contribution is 2.49. The lowest BCUT2D eigenvalue weighted by Gasteiger charge is -2.33. The summed E-state index contributed by atoms with van der Waals surface area (Å²) >= 11 is 6.45. The van der Waals surface area contributed by atoms with Gasteiger partial charge >= 0.3 is 16.5 Å². The van der Waals surface area contributed by atoms with Gasteiger partial charge in [-0.1, -0.05) is 31.0 Å².